The first-order valence-electron chi connectivity index (χ1n) is 8.76. The Kier molecular flexibility index (Phi) is 5.18. The highest BCUT2D eigenvalue weighted by Gasteiger charge is 2.32. The Bertz CT molecular complexity index is 769. The van der Waals surface area contributed by atoms with E-state index in [4.69, 9.17) is 4.74 Å². The second-order valence-corrected chi connectivity index (χ2v) is 7.42. The first-order valence-corrected chi connectivity index (χ1v) is 8.76. The van der Waals surface area contributed by atoms with E-state index >= 15 is 0 Å². The quantitative estimate of drug-likeness (QED) is 0.779. The molecule has 1 aliphatic heterocycles. The Morgan fingerprint density at radius 2 is 2.04 bits per heavy atom. The molecule has 0 aromatic carbocycles. The van der Waals surface area contributed by atoms with Crippen molar-refractivity contribution in [1.29, 1.82) is 0 Å². The number of pyridine rings is 1. The summed E-state index contributed by atoms with van der Waals surface area (Å²) in [6.45, 7) is 8.70. The van der Waals surface area contributed by atoms with Gasteiger partial charge in [-0.05, 0) is 39.3 Å². The lowest BCUT2D eigenvalue weighted by molar-refractivity contribution is -0.0307. The summed E-state index contributed by atoms with van der Waals surface area (Å²) in [5.41, 5.74) is 0.317. The van der Waals surface area contributed by atoms with Crippen molar-refractivity contribution >= 4 is 11.6 Å². The van der Waals surface area contributed by atoms with Crippen LogP contribution < -0.4 is 4.90 Å². The highest BCUT2D eigenvalue weighted by molar-refractivity contribution is 5.61. The van der Waals surface area contributed by atoms with Crippen LogP contribution in [0.25, 0.3) is 0 Å². The van der Waals surface area contributed by atoms with Crippen molar-refractivity contribution in [3.8, 4) is 0 Å². The smallest absolute Gasteiger partial charge is 0.280 e. The van der Waals surface area contributed by atoms with Crippen LogP contribution in [0.4, 0.5) is 20.4 Å². The number of alkyl halides is 2. The van der Waals surface area contributed by atoms with Crippen molar-refractivity contribution in [2.75, 3.05) is 11.5 Å². The molecule has 3 rings (SSSR count). The van der Waals surface area contributed by atoms with E-state index in [9.17, 15) is 8.78 Å². The second-order valence-electron chi connectivity index (χ2n) is 7.42. The van der Waals surface area contributed by atoms with Crippen LogP contribution in [0.5, 0.6) is 0 Å². The molecule has 5 nitrogen and oxygen atoms in total. The summed E-state index contributed by atoms with van der Waals surface area (Å²) in [5, 5.41) is 0. The SMILES string of the molecule is CC1COC(C)(C)C[C@H](C)N(c2cccc(C(F)F)n2)c2ncncc21. The van der Waals surface area contributed by atoms with Crippen LogP contribution in [0.1, 0.15) is 57.7 Å². The van der Waals surface area contributed by atoms with Gasteiger partial charge < -0.3 is 9.64 Å². The van der Waals surface area contributed by atoms with Gasteiger partial charge in [0.05, 0.1) is 12.2 Å². The third kappa shape index (κ3) is 3.82. The van der Waals surface area contributed by atoms with E-state index < -0.39 is 6.43 Å². The highest BCUT2D eigenvalue weighted by atomic mass is 19.3. The lowest BCUT2D eigenvalue weighted by Crippen LogP contribution is -2.37. The molecular formula is C19H24F2N4O. The maximum atomic E-state index is 13.2. The van der Waals surface area contributed by atoms with Crippen LogP contribution in [0.3, 0.4) is 0 Å². The molecule has 0 spiro atoms. The monoisotopic (exact) mass is 362 g/mol. The van der Waals surface area contributed by atoms with Gasteiger partial charge in [0, 0.05) is 23.7 Å². The van der Waals surface area contributed by atoms with Crippen LogP contribution >= 0.6 is 0 Å². The van der Waals surface area contributed by atoms with Gasteiger partial charge in [0.15, 0.2) is 0 Å². The van der Waals surface area contributed by atoms with Crippen LogP contribution in [-0.2, 0) is 4.74 Å². The third-order valence-corrected chi connectivity index (χ3v) is 4.66. The van der Waals surface area contributed by atoms with Gasteiger partial charge in [0.1, 0.15) is 23.7 Å². The number of nitrogens with zero attached hydrogens (tertiary/aromatic N) is 4. The molecule has 26 heavy (non-hydrogen) atoms. The minimum absolute atomic E-state index is 0.0515. The summed E-state index contributed by atoms with van der Waals surface area (Å²) in [5.74, 6) is 1.22. The van der Waals surface area contributed by atoms with E-state index in [-0.39, 0.29) is 23.3 Å². The number of aromatic nitrogens is 3. The van der Waals surface area contributed by atoms with Crippen LogP contribution in [0.2, 0.25) is 0 Å². The summed E-state index contributed by atoms with van der Waals surface area (Å²) in [7, 11) is 0. The van der Waals surface area contributed by atoms with Crippen LogP contribution in [-0.4, -0.2) is 33.2 Å². The predicted molar refractivity (Wildman–Crippen MR) is 95.9 cm³/mol. The summed E-state index contributed by atoms with van der Waals surface area (Å²) in [6.07, 6.45) is 1.33. The van der Waals surface area contributed by atoms with E-state index in [1.54, 1.807) is 18.3 Å². The first kappa shape index (κ1) is 18.6. The lowest BCUT2D eigenvalue weighted by atomic mass is 9.98. The molecule has 0 aliphatic carbocycles. The van der Waals surface area contributed by atoms with Gasteiger partial charge in [-0.1, -0.05) is 13.0 Å². The number of anilines is 2. The summed E-state index contributed by atoms with van der Waals surface area (Å²) in [4.78, 5) is 14.8. The average Bonchev–Trinajstić information content (AvgIpc) is 2.63. The molecule has 7 heteroatoms. The lowest BCUT2D eigenvalue weighted by Gasteiger charge is -2.34. The minimum Gasteiger partial charge on any atom is -0.375 e. The summed E-state index contributed by atoms with van der Waals surface area (Å²) < 4.78 is 32.5. The molecule has 2 aromatic rings. The van der Waals surface area contributed by atoms with Crippen LogP contribution in [0, 0.1) is 0 Å². The van der Waals surface area contributed by atoms with Gasteiger partial charge in [-0.15, -0.1) is 0 Å². The van der Waals surface area contributed by atoms with E-state index in [1.165, 1.54) is 12.4 Å². The largest absolute Gasteiger partial charge is 0.375 e. The van der Waals surface area contributed by atoms with Gasteiger partial charge in [0.25, 0.3) is 6.43 Å². The highest BCUT2D eigenvalue weighted by Crippen LogP contribution is 2.37. The Balaban J connectivity index is 2.15. The van der Waals surface area contributed by atoms with Gasteiger partial charge in [0.2, 0.25) is 0 Å². The molecule has 0 N–H and O–H groups in total. The number of hydrogen-bond acceptors (Lipinski definition) is 5. The van der Waals surface area contributed by atoms with Gasteiger partial charge in [-0.2, -0.15) is 0 Å². The molecule has 1 unspecified atom stereocenters. The number of halogens is 2. The fourth-order valence-corrected chi connectivity index (χ4v) is 3.42. The van der Waals surface area contributed by atoms with E-state index in [0.29, 0.717) is 24.7 Å². The van der Waals surface area contributed by atoms with Crippen molar-refractivity contribution in [3.63, 3.8) is 0 Å². The maximum absolute atomic E-state index is 13.2. The first-order chi connectivity index (χ1) is 12.3. The summed E-state index contributed by atoms with van der Waals surface area (Å²) in [6, 6.07) is 4.63. The molecule has 0 saturated heterocycles. The van der Waals surface area contributed by atoms with Gasteiger partial charge >= 0.3 is 0 Å². The fraction of sp³-hybridized carbons (Fsp3) is 0.526. The molecule has 2 atom stereocenters. The van der Waals surface area contributed by atoms with Crippen molar-refractivity contribution in [2.24, 2.45) is 0 Å². The second kappa shape index (κ2) is 7.23. The van der Waals surface area contributed by atoms with Crippen molar-refractivity contribution in [3.05, 3.63) is 42.0 Å². The predicted octanol–water partition coefficient (Wildman–Crippen LogP) is 4.64. The Morgan fingerprint density at radius 3 is 2.77 bits per heavy atom. The topological polar surface area (TPSA) is 51.1 Å². The molecule has 2 aromatic heterocycles. The fourth-order valence-electron chi connectivity index (χ4n) is 3.42. The van der Waals surface area contributed by atoms with Gasteiger partial charge in [-0.25, -0.2) is 23.7 Å². The van der Waals surface area contributed by atoms with Gasteiger partial charge in [-0.3, -0.25) is 0 Å². The zero-order valence-corrected chi connectivity index (χ0v) is 15.5. The van der Waals surface area contributed by atoms with E-state index in [0.717, 1.165) is 5.56 Å². The summed E-state index contributed by atoms with van der Waals surface area (Å²) >= 11 is 0. The van der Waals surface area contributed by atoms with E-state index in [1.807, 2.05) is 25.7 Å². The standard InChI is InChI=1S/C19H24F2N4O/c1-12-10-26-19(3,4)8-13(2)25(18-14(12)9-22-11-23-18)16-7-5-6-15(24-16)17(20)21/h5-7,9,11-13,17H,8,10H2,1-4H3/t12?,13-/m0/s1. The minimum atomic E-state index is -2.62. The molecule has 0 saturated carbocycles. The van der Waals surface area contributed by atoms with E-state index in [2.05, 4.69) is 21.9 Å². The zero-order valence-electron chi connectivity index (χ0n) is 15.5. The number of fused-ring (bicyclic) bond motifs is 1. The molecule has 140 valence electrons. The number of ether oxygens (including phenoxy) is 1. The maximum Gasteiger partial charge on any atom is 0.280 e. The number of rotatable bonds is 2. The van der Waals surface area contributed by atoms with Crippen molar-refractivity contribution < 1.29 is 13.5 Å². The zero-order chi connectivity index (χ0) is 18.9. The molecule has 0 fully saturated rings. The molecule has 0 amide bonds. The third-order valence-electron chi connectivity index (χ3n) is 4.66. The number of hydrogen-bond donors (Lipinski definition) is 0. The van der Waals surface area contributed by atoms with Crippen molar-refractivity contribution in [2.45, 2.75) is 58.1 Å². The Labute approximate surface area is 152 Å². The molecule has 0 bridgehead atoms. The van der Waals surface area contributed by atoms with Crippen LogP contribution in [0.15, 0.2) is 30.7 Å². The molecule has 0 radical (unpaired) electrons. The normalized spacial score (nSPS) is 23.1. The van der Waals surface area contributed by atoms with Crippen molar-refractivity contribution in [1.82, 2.24) is 15.0 Å². The Hall–Kier alpha value is -2.15. The molecule has 1 aliphatic rings. The molecular weight excluding hydrogens is 338 g/mol. The Morgan fingerprint density at radius 1 is 1.27 bits per heavy atom. The average molecular weight is 362 g/mol. The molecule has 3 heterocycles.